The molecule has 0 saturated heterocycles. The fourth-order valence-electron chi connectivity index (χ4n) is 2.95. The van der Waals surface area contributed by atoms with E-state index in [0.29, 0.717) is 24.2 Å². The number of benzene rings is 1. The minimum absolute atomic E-state index is 0.0669. The average Bonchev–Trinajstić information content (AvgIpc) is 2.96. The van der Waals surface area contributed by atoms with Crippen molar-refractivity contribution in [2.75, 3.05) is 20.6 Å². The first kappa shape index (κ1) is 15.7. The van der Waals surface area contributed by atoms with E-state index in [-0.39, 0.29) is 17.8 Å². The number of halogens is 1. The summed E-state index contributed by atoms with van der Waals surface area (Å²) in [7, 11) is 3.51. The summed E-state index contributed by atoms with van der Waals surface area (Å²) in [6.45, 7) is 3.22. The maximum absolute atomic E-state index is 13.5. The van der Waals surface area contributed by atoms with E-state index >= 15 is 0 Å². The number of hydrogen-bond acceptors (Lipinski definition) is 4. The molecule has 1 atom stereocenters. The van der Waals surface area contributed by atoms with E-state index in [1.807, 2.05) is 13.0 Å². The van der Waals surface area contributed by atoms with E-state index in [9.17, 15) is 9.18 Å². The largest absolute Gasteiger partial charge is 0.360 e. The minimum Gasteiger partial charge on any atom is -0.360 e. The molecule has 1 aromatic carbocycles. The third-order valence-corrected chi connectivity index (χ3v) is 4.30. The zero-order valence-corrected chi connectivity index (χ0v) is 13.5. The first-order valence-corrected chi connectivity index (χ1v) is 7.66. The molecule has 0 N–H and O–H groups in total. The van der Waals surface area contributed by atoms with Gasteiger partial charge >= 0.3 is 0 Å². The Morgan fingerprint density at radius 3 is 2.91 bits per heavy atom. The summed E-state index contributed by atoms with van der Waals surface area (Å²) in [6, 6.07) is 6.11. The minimum atomic E-state index is -0.303. The van der Waals surface area contributed by atoms with Gasteiger partial charge in [0.25, 0.3) is 0 Å². The van der Waals surface area contributed by atoms with Crippen LogP contribution in [0.4, 0.5) is 4.39 Å². The molecule has 0 spiro atoms. The highest BCUT2D eigenvalue weighted by Gasteiger charge is 2.30. The highest BCUT2D eigenvalue weighted by Crippen LogP contribution is 2.31. The second kappa shape index (κ2) is 6.12. The monoisotopic (exact) mass is 317 g/mol. The number of rotatable bonds is 3. The van der Waals surface area contributed by atoms with Crippen LogP contribution in [0.25, 0.3) is 11.3 Å². The molecule has 0 saturated carbocycles. The highest BCUT2D eigenvalue weighted by atomic mass is 19.1. The molecule has 122 valence electrons. The van der Waals surface area contributed by atoms with Crippen molar-refractivity contribution in [3.05, 3.63) is 41.4 Å². The fourth-order valence-corrected chi connectivity index (χ4v) is 2.95. The van der Waals surface area contributed by atoms with Crippen molar-refractivity contribution in [2.24, 2.45) is 0 Å². The standard InChI is InChI=1S/C17H20FN3O2/c1-11(17(22)20(2)3)21-8-7-15-14(10-21)16(19-23-15)12-5-4-6-13(18)9-12/h4-6,9,11H,7-8,10H2,1-3H3/t11-/m1/s1. The molecule has 0 bridgehead atoms. The molecule has 0 aliphatic carbocycles. The predicted octanol–water partition coefficient (Wildman–Crippen LogP) is 2.32. The van der Waals surface area contributed by atoms with Crippen LogP contribution < -0.4 is 0 Å². The van der Waals surface area contributed by atoms with Gasteiger partial charge in [0, 0.05) is 44.7 Å². The van der Waals surface area contributed by atoms with Crippen LogP contribution in [0.5, 0.6) is 0 Å². The van der Waals surface area contributed by atoms with Gasteiger partial charge in [-0.3, -0.25) is 9.69 Å². The average molecular weight is 317 g/mol. The number of amides is 1. The van der Waals surface area contributed by atoms with Gasteiger partial charge in [-0.25, -0.2) is 4.39 Å². The van der Waals surface area contributed by atoms with E-state index in [1.54, 1.807) is 25.1 Å². The number of aromatic nitrogens is 1. The lowest BCUT2D eigenvalue weighted by Crippen LogP contribution is -2.46. The molecule has 1 aliphatic rings. The Balaban J connectivity index is 1.88. The Morgan fingerprint density at radius 1 is 1.43 bits per heavy atom. The smallest absolute Gasteiger partial charge is 0.239 e. The van der Waals surface area contributed by atoms with Gasteiger partial charge in [-0.05, 0) is 19.1 Å². The molecule has 0 fully saturated rings. The van der Waals surface area contributed by atoms with Gasteiger partial charge in [0.05, 0.1) is 6.04 Å². The first-order chi connectivity index (χ1) is 11.0. The molecule has 2 aromatic rings. The summed E-state index contributed by atoms with van der Waals surface area (Å²) >= 11 is 0. The van der Waals surface area contributed by atoms with Crippen LogP contribution in [0.1, 0.15) is 18.2 Å². The van der Waals surface area contributed by atoms with Gasteiger partial charge < -0.3 is 9.42 Å². The lowest BCUT2D eigenvalue weighted by Gasteiger charge is -2.32. The Labute approximate surface area is 134 Å². The van der Waals surface area contributed by atoms with Crippen molar-refractivity contribution >= 4 is 5.91 Å². The van der Waals surface area contributed by atoms with Gasteiger partial charge in [0.15, 0.2) is 0 Å². The van der Waals surface area contributed by atoms with Crippen molar-refractivity contribution in [3.63, 3.8) is 0 Å². The van der Waals surface area contributed by atoms with E-state index < -0.39 is 0 Å². The SMILES string of the molecule is C[C@H](C(=O)N(C)C)N1CCc2onc(-c3cccc(F)c3)c2C1. The summed E-state index contributed by atoms with van der Waals surface area (Å²) < 4.78 is 18.9. The molecule has 6 heteroatoms. The van der Waals surface area contributed by atoms with Gasteiger partial charge in [0.1, 0.15) is 17.3 Å². The van der Waals surface area contributed by atoms with Gasteiger partial charge in [-0.2, -0.15) is 0 Å². The van der Waals surface area contributed by atoms with Crippen LogP contribution in [0.3, 0.4) is 0 Å². The quantitative estimate of drug-likeness (QED) is 0.872. The van der Waals surface area contributed by atoms with Crippen LogP contribution in [0.15, 0.2) is 28.8 Å². The number of carbonyl (C=O) groups is 1. The van der Waals surface area contributed by atoms with E-state index in [2.05, 4.69) is 10.1 Å². The number of likely N-dealkylation sites (N-methyl/N-ethyl adjacent to an activating group) is 1. The summed E-state index contributed by atoms with van der Waals surface area (Å²) in [5.41, 5.74) is 2.30. The molecule has 1 amide bonds. The zero-order chi connectivity index (χ0) is 16.6. The summed E-state index contributed by atoms with van der Waals surface area (Å²) in [4.78, 5) is 15.9. The van der Waals surface area contributed by atoms with Crippen LogP contribution in [0, 0.1) is 5.82 Å². The molecule has 23 heavy (non-hydrogen) atoms. The topological polar surface area (TPSA) is 49.6 Å². The Bertz CT molecular complexity index is 726. The lowest BCUT2D eigenvalue weighted by molar-refractivity contribution is -0.134. The van der Waals surface area contributed by atoms with E-state index in [4.69, 9.17) is 4.52 Å². The molecular formula is C17H20FN3O2. The lowest BCUT2D eigenvalue weighted by atomic mass is 10.00. The van der Waals surface area contributed by atoms with Crippen LogP contribution in [-0.4, -0.2) is 47.5 Å². The molecule has 3 rings (SSSR count). The summed E-state index contributed by atoms with van der Waals surface area (Å²) in [6.07, 6.45) is 0.697. The molecule has 5 nitrogen and oxygen atoms in total. The summed E-state index contributed by atoms with van der Waals surface area (Å²) in [5, 5.41) is 4.12. The second-order valence-electron chi connectivity index (χ2n) is 6.07. The van der Waals surface area contributed by atoms with Crippen LogP contribution in [0.2, 0.25) is 0 Å². The molecular weight excluding hydrogens is 297 g/mol. The van der Waals surface area contributed by atoms with Crippen LogP contribution >= 0.6 is 0 Å². The number of nitrogens with zero attached hydrogens (tertiary/aromatic N) is 3. The normalized spacial score (nSPS) is 16.0. The van der Waals surface area contributed by atoms with Crippen molar-refractivity contribution in [1.29, 1.82) is 0 Å². The number of fused-ring (bicyclic) bond motifs is 1. The maximum atomic E-state index is 13.5. The molecule has 2 heterocycles. The Kier molecular flexibility index (Phi) is 4.17. The maximum Gasteiger partial charge on any atom is 0.239 e. The number of hydrogen-bond donors (Lipinski definition) is 0. The van der Waals surface area contributed by atoms with Crippen molar-refractivity contribution in [2.45, 2.75) is 25.9 Å². The van der Waals surface area contributed by atoms with Gasteiger partial charge in [0.2, 0.25) is 5.91 Å². The molecule has 1 aromatic heterocycles. The molecule has 1 aliphatic heterocycles. The Morgan fingerprint density at radius 2 is 2.22 bits per heavy atom. The number of carbonyl (C=O) groups excluding carboxylic acids is 1. The van der Waals surface area contributed by atoms with Gasteiger partial charge in [-0.1, -0.05) is 17.3 Å². The van der Waals surface area contributed by atoms with E-state index in [0.717, 1.165) is 17.9 Å². The first-order valence-electron chi connectivity index (χ1n) is 7.66. The zero-order valence-electron chi connectivity index (χ0n) is 13.5. The van der Waals surface area contributed by atoms with Crippen LogP contribution in [-0.2, 0) is 17.8 Å². The van der Waals surface area contributed by atoms with Crippen molar-refractivity contribution in [1.82, 2.24) is 15.0 Å². The Hall–Kier alpha value is -2.21. The van der Waals surface area contributed by atoms with Crippen molar-refractivity contribution < 1.29 is 13.7 Å². The van der Waals surface area contributed by atoms with E-state index in [1.165, 1.54) is 12.1 Å². The highest BCUT2D eigenvalue weighted by molar-refractivity contribution is 5.81. The van der Waals surface area contributed by atoms with Gasteiger partial charge in [-0.15, -0.1) is 0 Å². The summed E-state index contributed by atoms with van der Waals surface area (Å²) in [5.74, 6) is 0.588. The van der Waals surface area contributed by atoms with Crippen molar-refractivity contribution in [3.8, 4) is 11.3 Å². The predicted molar refractivity (Wildman–Crippen MR) is 84.2 cm³/mol. The fraction of sp³-hybridized carbons (Fsp3) is 0.412. The molecule has 0 radical (unpaired) electrons. The second-order valence-corrected chi connectivity index (χ2v) is 6.07. The molecule has 0 unspecified atom stereocenters. The third-order valence-electron chi connectivity index (χ3n) is 4.30. The third kappa shape index (κ3) is 2.99.